The zero-order chi connectivity index (χ0) is 19.0. The van der Waals surface area contributed by atoms with E-state index in [0.717, 1.165) is 45.1 Å². The molecule has 3 aliphatic rings. The highest BCUT2D eigenvalue weighted by atomic mass is 16.7. The smallest absolute Gasteiger partial charge is 0.231 e. The molecule has 0 amide bonds. The van der Waals surface area contributed by atoms with Crippen molar-refractivity contribution in [3.63, 3.8) is 0 Å². The topological polar surface area (TPSA) is 84.2 Å². The van der Waals surface area contributed by atoms with Crippen molar-refractivity contribution in [1.29, 1.82) is 0 Å². The average molecular weight is 383 g/mol. The number of aromatic nitrogens is 5. The van der Waals surface area contributed by atoms with E-state index >= 15 is 0 Å². The van der Waals surface area contributed by atoms with Crippen LogP contribution in [0.2, 0.25) is 0 Å². The van der Waals surface area contributed by atoms with Crippen molar-refractivity contribution in [3.05, 3.63) is 72.1 Å². The van der Waals surface area contributed by atoms with Crippen molar-refractivity contribution < 1.29 is 14.2 Å². The predicted octanol–water partition coefficient (Wildman–Crippen LogP) is 2.49. The average Bonchev–Trinajstić information content (AvgIpc) is 3.53. The van der Waals surface area contributed by atoms with Crippen LogP contribution < -0.4 is 14.2 Å². The van der Waals surface area contributed by atoms with E-state index in [0.29, 0.717) is 12.4 Å². The first-order chi connectivity index (χ1) is 14.4. The highest BCUT2D eigenvalue weighted by molar-refractivity contribution is 5.80. The number of hydrogen-bond donors (Lipinski definition) is 0. The van der Waals surface area contributed by atoms with Crippen molar-refractivity contribution in [2.45, 2.75) is 5.41 Å². The second-order valence-corrected chi connectivity index (χ2v) is 7.25. The molecule has 0 bridgehead atoms. The molecule has 0 saturated heterocycles. The summed E-state index contributed by atoms with van der Waals surface area (Å²) in [5.41, 5.74) is 5.51. The van der Waals surface area contributed by atoms with Crippen LogP contribution >= 0.6 is 0 Å². The second-order valence-electron chi connectivity index (χ2n) is 7.25. The number of hydrogen-bond acceptors (Lipinski definition) is 7. The van der Waals surface area contributed by atoms with Gasteiger partial charge in [-0.1, -0.05) is 17.3 Å². The van der Waals surface area contributed by atoms with Crippen LogP contribution in [0.15, 0.2) is 55.2 Å². The minimum Gasteiger partial charge on any atom is -0.491 e. The number of nitrogens with zero attached hydrogens (tertiary/aromatic N) is 5. The summed E-state index contributed by atoms with van der Waals surface area (Å²) in [4.78, 5) is 8.43. The summed E-state index contributed by atoms with van der Waals surface area (Å²) in [6, 6.07) is 10.1. The molecule has 1 spiro atoms. The van der Waals surface area contributed by atoms with Gasteiger partial charge < -0.3 is 14.2 Å². The van der Waals surface area contributed by atoms with Gasteiger partial charge in [-0.3, -0.25) is 0 Å². The molecule has 0 radical (unpaired) electrons. The third-order valence-corrected chi connectivity index (χ3v) is 5.93. The monoisotopic (exact) mass is 383 g/mol. The van der Waals surface area contributed by atoms with Gasteiger partial charge in [-0.2, -0.15) is 0 Å². The summed E-state index contributed by atoms with van der Waals surface area (Å²) in [6.45, 7) is 0.657. The van der Waals surface area contributed by atoms with E-state index in [4.69, 9.17) is 14.2 Å². The summed E-state index contributed by atoms with van der Waals surface area (Å²) in [5, 5.41) is 8.55. The fraction of sp³-hybridized carbons (Fsp3) is 0.143. The highest BCUT2D eigenvalue weighted by Gasteiger charge is 2.54. The number of benzene rings is 2. The van der Waals surface area contributed by atoms with E-state index in [9.17, 15) is 0 Å². The molecule has 7 rings (SSSR count). The Bertz CT molecular complexity index is 1300. The van der Waals surface area contributed by atoms with Gasteiger partial charge in [0.2, 0.25) is 6.79 Å². The lowest BCUT2D eigenvalue weighted by atomic mass is 9.72. The van der Waals surface area contributed by atoms with Crippen LogP contribution in [0, 0.1) is 0 Å². The van der Waals surface area contributed by atoms with Crippen LogP contribution in [0.3, 0.4) is 0 Å². The Balaban J connectivity index is 1.58. The zero-order valence-electron chi connectivity index (χ0n) is 15.1. The molecule has 29 heavy (non-hydrogen) atoms. The summed E-state index contributed by atoms with van der Waals surface area (Å²) < 4.78 is 19.3. The standard InChI is InChI=1S/C21H13N5O3/c1-2-13(12-6-22-10-23-7-12)20-15(3-1)26-19(8-24-25-26)21(20)9-27-16-5-18-17(4-14(16)21)28-11-29-18/h1-8,10H,9,11H2. The molecule has 8 heteroatoms. The number of ether oxygens (including phenoxy) is 3. The first kappa shape index (κ1) is 15.0. The van der Waals surface area contributed by atoms with Crippen molar-refractivity contribution in [1.82, 2.24) is 25.0 Å². The molecule has 1 unspecified atom stereocenters. The molecule has 4 aromatic rings. The lowest BCUT2D eigenvalue weighted by Gasteiger charge is -2.25. The van der Waals surface area contributed by atoms with Crippen molar-refractivity contribution >= 4 is 0 Å². The molecule has 1 atom stereocenters. The Kier molecular flexibility index (Phi) is 2.65. The molecular weight excluding hydrogens is 370 g/mol. The number of rotatable bonds is 1. The predicted molar refractivity (Wildman–Crippen MR) is 100 cm³/mol. The molecule has 2 aromatic carbocycles. The third kappa shape index (κ3) is 1.74. The van der Waals surface area contributed by atoms with Crippen molar-refractivity contribution in [2.24, 2.45) is 0 Å². The van der Waals surface area contributed by atoms with Gasteiger partial charge in [-0.15, -0.1) is 5.10 Å². The van der Waals surface area contributed by atoms with Crippen LogP contribution in [0.25, 0.3) is 16.8 Å². The molecule has 8 nitrogen and oxygen atoms in total. The molecule has 140 valence electrons. The molecule has 0 aliphatic carbocycles. The van der Waals surface area contributed by atoms with Gasteiger partial charge in [0.25, 0.3) is 0 Å². The fourth-order valence-corrected chi connectivity index (χ4v) is 4.73. The Labute approximate surface area is 164 Å². The Morgan fingerprint density at radius 2 is 1.79 bits per heavy atom. The lowest BCUT2D eigenvalue weighted by molar-refractivity contribution is 0.173. The molecule has 0 fully saturated rings. The van der Waals surface area contributed by atoms with Crippen molar-refractivity contribution in [3.8, 4) is 34.1 Å². The van der Waals surface area contributed by atoms with Gasteiger partial charge >= 0.3 is 0 Å². The number of fused-ring (bicyclic) bond motifs is 8. The maximum Gasteiger partial charge on any atom is 0.231 e. The van der Waals surface area contributed by atoms with Gasteiger partial charge in [0.05, 0.1) is 17.6 Å². The first-order valence-electron chi connectivity index (χ1n) is 9.23. The van der Waals surface area contributed by atoms with Gasteiger partial charge in [0.15, 0.2) is 11.5 Å². The highest BCUT2D eigenvalue weighted by Crippen LogP contribution is 2.57. The van der Waals surface area contributed by atoms with E-state index in [-0.39, 0.29) is 6.79 Å². The quantitative estimate of drug-likeness (QED) is 0.499. The van der Waals surface area contributed by atoms with Crippen LogP contribution in [-0.2, 0) is 5.41 Å². The fourth-order valence-electron chi connectivity index (χ4n) is 4.73. The van der Waals surface area contributed by atoms with E-state index in [1.165, 1.54) is 6.33 Å². The lowest BCUT2D eigenvalue weighted by Crippen LogP contribution is -2.29. The van der Waals surface area contributed by atoms with E-state index in [2.05, 4.69) is 32.4 Å². The van der Waals surface area contributed by atoms with Gasteiger partial charge in [0.1, 0.15) is 24.1 Å². The van der Waals surface area contributed by atoms with Crippen LogP contribution in [0.1, 0.15) is 16.8 Å². The Morgan fingerprint density at radius 1 is 0.931 bits per heavy atom. The third-order valence-electron chi connectivity index (χ3n) is 5.93. The molecule has 5 heterocycles. The summed E-state index contributed by atoms with van der Waals surface area (Å²) >= 11 is 0. The maximum absolute atomic E-state index is 6.20. The van der Waals surface area contributed by atoms with Crippen LogP contribution in [-0.4, -0.2) is 38.4 Å². The molecule has 2 aromatic heterocycles. The summed E-state index contributed by atoms with van der Waals surface area (Å²) in [7, 11) is 0. The minimum absolute atomic E-state index is 0.216. The molecule has 0 saturated carbocycles. The van der Waals surface area contributed by atoms with Gasteiger partial charge in [-0.05, 0) is 17.7 Å². The maximum atomic E-state index is 6.20. The molecule has 3 aliphatic heterocycles. The largest absolute Gasteiger partial charge is 0.491 e. The van der Waals surface area contributed by atoms with Crippen LogP contribution in [0.4, 0.5) is 0 Å². The van der Waals surface area contributed by atoms with E-state index in [1.54, 1.807) is 0 Å². The van der Waals surface area contributed by atoms with E-state index < -0.39 is 5.41 Å². The Hall–Kier alpha value is -3.94. The Morgan fingerprint density at radius 3 is 2.69 bits per heavy atom. The first-order valence-corrected chi connectivity index (χ1v) is 9.23. The normalized spacial score (nSPS) is 19.7. The van der Waals surface area contributed by atoms with E-state index in [1.807, 2.05) is 41.5 Å². The van der Waals surface area contributed by atoms with Gasteiger partial charge in [-0.25, -0.2) is 14.6 Å². The molecule has 0 N–H and O–H groups in total. The zero-order valence-corrected chi connectivity index (χ0v) is 15.1. The van der Waals surface area contributed by atoms with Gasteiger partial charge in [0, 0.05) is 35.2 Å². The molecular formula is C21H13N5O3. The summed E-state index contributed by atoms with van der Waals surface area (Å²) in [5.74, 6) is 2.21. The van der Waals surface area contributed by atoms with Crippen molar-refractivity contribution in [2.75, 3.05) is 13.4 Å². The summed E-state index contributed by atoms with van der Waals surface area (Å²) in [6.07, 6.45) is 7.00. The second kappa shape index (κ2) is 5.11. The van der Waals surface area contributed by atoms with Crippen LogP contribution in [0.5, 0.6) is 17.2 Å². The minimum atomic E-state index is -0.554. The SMILES string of the molecule is c1cc(-c2cncnc2)c2c(c1)-n1nncc1C21COc2cc3c(cc21)OCO3.